The van der Waals surface area contributed by atoms with Crippen LogP contribution in [0.5, 0.6) is 0 Å². The van der Waals surface area contributed by atoms with Gasteiger partial charge >= 0.3 is 34.3 Å². The molecule has 14 nitrogen and oxygen atoms in total. The maximum Gasteiger partial charge on any atom is 0.466 e. The molecular formula is C21H25NO13S2. The fourth-order valence-corrected chi connectivity index (χ4v) is 4.24. The van der Waals surface area contributed by atoms with Crippen molar-refractivity contribution in [1.82, 2.24) is 0 Å². The molecule has 0 amide bonds. The molecule has 1 fully saturated rings. The van der Waals surface area contributed by atoms with Crippen molar-refractivity contribution in [2.24, 2.45) is 5.16 Å². The van der Waals surface area contributed by atoms with Crippen molar-refractivity contribution in [3.8, 4) is 0 Å². The molecule has 0 saturated carbocycles. The Morgan fingerprint density at radius 1 is 0.946 bits per heavy atom. The first-order valence-corrected chi connectivity index (χ1v) is 12.4. The summed E-state index contributed by atoms with van der Waals surface area (Å²) < 4.78 is 103. The van der Waals surface area contributed by atoms with E-state index in [1.807, 2.05) is 0 Å². The lowest BCUT2D eigenvalue weighted by Crippen LogP contribution is -2.61. The van der Waals surface area contributed by atoms with Crippen LogP contribution in [0.15, 0.2) is 35.4 Å². The fourth-order valence-electron chi connectivity index (χ4n) is 2.96. The van der Waals surface area contributed by atoms with Gasteiger partial charge in [-0.1, -0.05) is 47.1 Å². The van der Waals surface area contributed by atoms with Crippen LogP contribution in [0.2, 0.25) is 0 Å². The summed E-state index contributed by atoms with van der Waals surface area (Å²) in [6.45, 7) is 3.39. The van der Waals surface area contributed by atoms with Crippen molar-refractivity contribution in [2.75, 3.05) is 6.61 Å². The number of esters is 4. The van der Waals surface area contributed by atoms with Gasteiger partial charge < -0.3 is 23.7 Å². The molecule has 0 aliphatic carbocycles. The van der Waals surface area contributed by atoms with Crippen molar-refractivity contribution in [3.63, 3.8) is 0 Å². The van der Waals surface area contributed by atoms with Crippen LogP contribution in [0.4, 0.5) is 0 Å². The summed E-state index contributed by atoms with van der Waals surface area (Å²) in [5.74, 6) is -3.61. The molecule has 1 N–H and O–H groups in total. The van der Waals surface area contributed by atoms with E-state index in [1.54, 1.807) is 0 Å². The van der Waals surface area contributed by atoms with Crippen molar-refractivity contribution >= 4 is 51.1 Å². The minimum absolute atomic E-state index is 0.261. The third kappa shape index (κ3) is 9.99. The molecule has 0 bridgehead atoms. The highest BCUT2D eigenvalue weighted by atomic mass is 32.3. The molecule has 1 aliphatic heterocycles. The average Bonchev–Trinajstić information content (AvgIpc) is 2.85. The highest BCUT2D eigenvalue weighted by Gasteiger charge is 2.52. The van der Waals surface area contributed by atoms with E-state index in [9.17, 15) is 27.6 Å². The zero-order valence-corrected chi connectivity index (χ0v) is 21.3. The summed E-state index contributed by atoms with van der Waals surface area (Å²) in [6, 6.07) is -4.27. The van der Waals surface area contributed by atoms with Gasteiger partial charge in [0.25, 0.3) is 0 Å². The average molecular weight is 569 g/mol. The number of ether oxygens (including phenoxy) is 5. The Bertz CT molecular complexity index is 1360. The number of carbonyl (C=O) groups excluding carboxylic acids is 4. The van der Waals surface area contributed by atoms with Gasteiger partial charge in [0.2, 0.25) is 0 Å². The van der Waals surface area contributed by atoms with Crippen LogP contribution in [0.3, 0.4) is 0 Å². The van der Waals surface area contributed by atoms with E-state index in [2.05, 4.69) is 9.44 Å². The number of nitrogens with zero attached hydrogens (tertiary/aromatic N) is 1. The smallest absolute Gasteiger partial charge is 0.463 e. The van der Waals surface area contributed by atoms with Gasteiger partial charge in [-0.15, -0.1) is 0 Å². The third-order valence-corrected chi connectivity index (χ3v) is 5.48. The van der Waals surface area contributed by atoms with Crippen LogP contribution in [0, 0.1) is 0 Å². The van der Waals surface area contributed by atoms with Gasteiger partial charge in [0.15, 0.2) is 23.7 Å². The minimum atomic E-state index is -5.30. The molecule has 37 heavy (non-hydrogen) atoms. The van der Waals surface area contributed by atoms with Crippen molar-refractivity contribution in [2.45, 2.75) is 57.5 Å². The molecular weight excluding hydrogens is 538 g/mol. The van der Waals surface area contributed by atoms with Gasteiger partial charge in [-0.25, -0.2) is 4.28 Å². The largest absolute Gasteiger partial charge is 0.466 e. The predicted molar refractivity (Wildman–Crippen MR) is 125 cm³/mol. The molecule has 1 heterocycles. The second-order valence-electron chi connectivity index (χ2n) is 7.08. The normalized spacial score (nSPS) is 25.8. The summed E-state index contributed by atoms with van der Waals surface area (Å²) >= 11 is 0.261. The second-order valence-corrected chi connectivity index (χ2v) is 9.18. The number of carbonyl (C=O) groups is 4. The first-order valence-electron chi connectivity index (χ1n) is 12.6. The molecule has 1 aliphatic rings. The van der Waals surface area contributed by atoms with Gasteiger partial charge in [-0.05, 0) is 0 Å². The Morgan fingerprint density at radius 3 is 2.00 bits per heavy atom. The molecule has 1 aromatic carbocycles. The fraction of sp³-hybridized carbons (Fsp3) is 0.476. The lowest BCUT2D eigenvalue weighted by molar-refractivity contribution is -0.237. The summed E-state index contributed by atoms with van der Waals surface area (Å²) in [6.07, 6.45) is -6.32. The Balaban J connectivity index is 2.78. The topological polar surface area (TPSA) is 190 Å². The first-order chi connectivity index (χ1) is 19.3. The quantitative estimate of drug-likeness (QED) is 0.111. The van der Waals surface area contributed by atoms with Gasteiger partial charge in [-0.3, -0.25) is 23.7 Å². The summed E-state index contributed by atoms with van der Waals surface area (Å²) in [5.41, 5.74) is -2.38. The zero-order valence-electron chi connectivity index (χ0n) is 24.7. The Hall–Kier alpha value is -3.21. The van der Waals surface area contributed by atoms with Crippen molar-refractivity contribution in [1.29, 1.82) is 0 Å². The molecule has 0 spiro atoms. The van der Waals surface area contributed by atoms with E-state index in [1.165, 1.54) is 0 Å². The van der Waals surface area contributed by atoms with E-state index in [0.717, 1.165) is 27.7 Å². The highest BCUT2D eigenvalue weighted by molar-refractivity contribution is 8.14. The number of thioether (sulfide) groups is 1. The molecule has 16 heteroatoms. The van der Waals surface area contributed by atoms with Crippen molar-refractivity contribution in [3.05, 3.63) is 35.8 Å². The highest BCUT2D eigenvalue weighted by Crippen LogP contribution is 2.36. The predicted octanol–water partition coefficient (Wildman–Crippen LogP) is 0.984. The summed E-state index contributed by atoms with van der Waals surface area (Å²) in [5, 5.41) is 2.43. The van der Waals surface area contributed by atoms with Crippen LogP contribution >= 0.6 is 11.8 Å². The molecule has 1 aromatic rings. The summed E-state index contributed by atoms with van der Waals surface area (Å²) in [4.78, 5) is 47.5. The van der Waals surface area contributed by atoms with Crippen LogP contribution < -0.4 is 0 Å². The second kappa shape index (κ2) is 13.4. The molecule has 0 radical (unpaired) electrons. The van der Waals surface area contributed by atoms with Gasteiger partial charge in [0.05, 0.1) is 6.85 Å². The number of hydrogen-bond acceptors (Lipinski definition) is 14. The van der Waals surface area contributed by atoms with Crippen LogP contribution in [0.1, 0.15) is 40.1 Å². The molecule has 1 saturated heterocycles. The van der Waals surface area contributed by atoms with E-state index in [0.29, 0.717) is 0 Å². The van der Waals surface area contributed by atoms with E-state index >= 15 is 0 Å². The molecule has 5 atom stereocenters. The Morgan fingerprint density at radius 2 is 1.49 bits per heavy atom. The Labute approximate surface area is 223 Å². The number of oxime groups is 1. The number of hydrogen-bond donors (Lipinski definition) is 1. The standard InChI is InChI=1S/C21H25NO13S2/c1-11(23)30-10-16-17(31-12(2)24)18(32-13(3)25)19(33-14(4)26)21(34-16)36-20(22-35-37(27,28)29)15-8-6-5-7-9-15/h5-9,16-19,21H,10H2,1-4H3,(H,27,28,29)/b22-20+/t16-,17-,18+,19-,21+/m1/s1/i5D,6D,7D,8D,9D. The van der Waals surface area contributed by atoms with Crippen LogP contribution in [-0.4, -0.2) is 78.4 Å². The maximum absolute atomic E-state index is 12.1. The zero-order chi connectivity index (χ0) is 32.1. The summed E-state index contributed by atoms with van der Waals surface area (Å²) in [7, 11) is -5.30. The van der Waals surface area contributed by atoms with E-state index < -0.39 is 112 Å². The van der Waals surface area contributed by atoms with E-state index in [4.69, 9.17) is 35.1 Å². The number of rotatable bonds is 9. The third-order valence-electron chi connectivity index (χ3n) is 4.10. The molecule has 2 rings (SSSR count). The Kier molecular flexibility index (Phi) is 8.29. The first kappa shape index (κ1) is 22.9. The monoisotopic (exact) mass is 568 g/mol. The maximum atomic E-state index is 12.1. The lowest BCUT2D eigenvalue weighted by Gasteiger charge is -2.44. The van der Waals surface area contributed by atoms with Crippen LogP contribution in [0.25, 0.3) is 0 Å². The SMILES string of the molecule is [2H]c1c([2H])c([2H])c(/C(=N\OS(=O)(=O)O)S[C@@H]2O[C@H](COC(C)=O)[C@@H](OC(C)=O)[C@H](OC(C)=O)[C@H]2OC(C)=O)c([2H])c1[2H]. The lowest BCUT2D eigenvalue weighted by atomic mass is 9.99. The van der Waals surface area contributed by atoms with Gasteiger partial charge in [-0.2, -0.15) is 8.42 Å². The molecule has 0 aromatic heterocycles. The molecule has 204 valence electrons. The van der Waals surface area contributed by atoms with Crippen molar-refractivity contribution < 1.29 is 67.0 Å². The van der Waals surface area contributed by atoms with Gasteiger partial charge in [0, 0.05) is 33.3 Å². The van der Waals surface area contributed by atoms with E-state index in [-0.39, 0.29) is 11.8 Å². The number of benzene rings is 1. The van der Waals surface area contributed by atoms with Gasteiger partial charge in [0.1, 0.15) is 17.8 Å². The molecule has 0 unspecified atom stereocenters. The minimum Gasteiger partial charge on any atom is -0.463 e. The van der Waals surface area contributed by atoms with Crippen LogP contribution in [-0.2, 0) is 57.5 Å².